The molecule has 0 aromatic carbocycles. The van der Waals surface area contributed by atoms with Gasteiger partial charge in [-0.05, 0) is 6.07 Å². The molecular weight excluding hydrogens is 192 g/mol. The molecule has 15 heavy (non-hydrogen) atoms. The van der Waals surface area contributed by atoms with E-state index in [1.54, 1.807) is 6.20 Å². The Kier molecular flexibility index (Phi) is 2.03. The van der Waals surface area contributed by atoms with E-state index in [9.17, 15) is 0 Å². The highest BCUT2D eigenvalue weighted by molar-refractivity contribution is 5.48. The first-order chi connectivity index (χ1) is 7.45. The highest BCUT2D eigenvalue weighted by atomic mass is 16.5. The fourth-order valence-corrected chi connectivity index (χ4v) is 1.85. The minimum atomic E-state index is 0.783. The van der Waals surface area contributed by atoms with Crippen molar-refractivity contribution in [3.63, 3.8) is 0 Å². The van der Waals surface area contributed by atoms with Gasteiger partial charge in [-0.2, -0.15) is 9.61 Å². The maximum absolute atomic E-state index is 5.33. The summed E-state index contributed by atoms with van der Waals surface area (Å²) in [5, 5.41) is 4.27. The van der Waals surface area contributed by atoms with Crippen LogP contribution >= 0.6 is 0 Å². The molecule has 0 aliphatic carbocycles. The van der Waals surface area contributed by atoms with Gasteiger partial charge in [-0.3, -0.25) is 0 Å². The second-order valence-electron chi connectivity index (χ2n) is 3.50. The van der Waals surface area contributed by atoms with Crippen molar-refractivity contribution in [1.29, 1.82) is 0 Å². The normalized spacial score (nSPS) is 17.2. The van der Waals surface area contributed by atoms with E-state index < -0.39 is 0 Å². The number of morpholine rings is 1. The second-order valence-corrected chi connectivity index (χ2v) is 3.50. The number of rotatable bonds is 1. The van der Waals surface area contributed by atoms with Crippen LogP contribution in [-0.4, -0.2) is 40.9 Å². The van der Waals surface area contributed by atoms with Crippen LogP contribution < -0.4 is 4.90 Å². The minimum Gasteiger partial charge on any atom is -0.378 e. The zero-order chi connectivity index (χ0) is 10.1. The van der Waals surface area contributed by atoms with Crippen molar-refractivity contribution in [2.24, 2.45) is 0 Å². The van der Waals surface area contributed by atoms with E-state index in [-0.39, 0.29) is 0 Å². The fourth-order valence-electron chi connectivity index (χ4n) is 1.85. The van der Waals surface area contributed by atoms with E-state index in [0.29, 0.717) is 0 Å². The molecule has 1 fully saturated rings. The summed E-state index contributed by atoms with van der Waals surface area (Å²) in [6, 6.07) is 3.90. The van der Waals surface area contributed by atoms with Gasteiger partial charge in [-0.1, -0.05) is 0 Å². The lowest BCUT2D eigenvalue weighted by atomic mass is 10.4. The summed E-state index contributed by atoms with van der Waals surface area (Å²) >= 11 is 0. The summed E-state index contributed by atoms with van der Waals surface area (Å²) in [7, 11) is 0. The Morgan fingerprint density at radius 2 is 2.00 bits per heavy atom. The first-order valence-electron chi connectivity index (χ1n) is 5.06. The Bertz CT molecular complexity index is 461. The molecule has 0 amide bonds. The van der Waals surface area contributed by atoms with Crippen molar-refractivity contribution in [1.82, 2.24) is 14.6 Å². The lowest BCUT2D eigenvalue weighted by molar-refractivity contribution is 0.122. The van der Waals surface area contributed by atoms with Gasteiger partial charge in [0.05, 0.1) is 19.4 Å². The van der Waals surface area contributed by atoms with Crippen molar-refractivity contribution in [3.05, 3.63) is 24.5 Å². The van der Waals surface area contributed by atoms with Crippen molar-refractivity contribution >= 4 is 11.5 Å². The van der Waals surface area contributed by atoms with Gasteiger partial charge in [-0.25, -0.2) is 4.98 Å². The molecule has 2 aromatic heterocycles. The quantitative estimate of drug-likeness (QED) is 0.681. The summed E-state index contributed by atoms with van der Waals surface area (Å²) in [5.41, 5.74) is 0.888. The maximum Gasteiger partial charge on any atom is 0.157 e. The Hall–Kier alpha value is -1.62. The lowest BCUT2D eigenvalue weighted by Crippen LogP contribution is -2.37. The SMILES string of the molecule is c1cc(N2CCOCC2)n2nccc2n1. The third kappa shape index (κ3) is 1.45. The predicted octanol–water partition coefficient (Wildman–Crippen LogP) is 0.566. The standard InChI is InChI=1S/C10H12N4O/c1-4-12-14-9(1)11-3-2-10(14)13-5-7-15-8-6-13/h1-4H,5-8H2. The van der Waals surface area contributed by atoms with Crippen LogP contribution in [0.2, 0.25) is 0 Å². The molecule has 0 bridgehead atoms. The zero-order valence-electron chi connectivity index (χ0n) is 8.33. The van der Waals surface area contributed by atoms with Crippen LogP contribution in [0.15, 0.2) is 24.5 Å². The Morgan fingerprint density at radius 3 is 2.87 bits per heavy atom. The van der Waals surface area contributed by atoms with Gasteiger partial charge in [0.2, 0.25) is 0 Å². The molecule has 0 N–H and O–H groups in total. The van der Waals surface area contributed by atoms with Crippen molar-refractivity contribution in [3.8, 4) is 0 Å². The molecule has 0 atom stereocenters. The molecule has 5 nitrogen and oxygen atoms in total. The predicted molar refractivity (Wildman–Crippen MR) is 56.0 cm³/mol. The second kappa shape index (κ2) is 3.51. The van der Waals surface area contributed by atoms with Gasteiger partial charge in [-0.15, -0.1) is 0 Å². The van der Waals surface area contributed by atoms with Crippen LogP contribution in [0.4, 0.5) is 5.82 Å². The molecular formula is C10H12N4O. The number of fused-ring (bicyclic) bond motifs is 1. The van der Waals surface area contributed by atoms with Crippen molar-refractivity contribution in [2.75, 3.05) is 31.2 Å². The molecule has 2 aromatic rings. The summed E-state index contributed by atoms with van der Waals surface area (Å²) in [4.78, 5) is 6.51. The summed E-state index contributed by atoms with van der Waals surface area (Å²) in [5.74, 6) is 1.09. The van der Waals surface area contributed by atoms with E-state index in [1.165, 1.54) is 0 Å². The van der Waals surface area contributed by atoms with Crippen molar-refractivity contribution < 1.29 is 4.74 Å². The molecule has 1 aliphatic heterocycles. The van der Waals surface area contributed by atoms with Crippen LogP contribution in [0.1, 0.15) is 0 Å². The summed E-state index contributed by atoms with van der Waals surface area (Å²) < 4.78 is 7.19. The fraction of sp³-hybridized carbons (Fsp3) is 0.400. The maximum atomic E-state index is 5.33. The molecule has 1 saturated heterocycles. The van der Waals surface area contributed by atoms with Gasteiger partial charge in [0.25, 0.3) is 0 Å². The van der Waals surface area contributed by atoms with E-state index in [1.807, 2.05) is 22.8 Å². The van der Waals surface area contributed by atoms with Crippen molar-refractivity contribution in [2.45, 2.75) is 0 Å². The first kappa shape index (κ1) is 8.67. The lowest BCUT2D eigenvalue weighted by Gasteiger charge is -2.28. The van der Waals surface area contributed by atoms with Gasteiger partial charge in [0, 0.05) is 25.4 Å². The van der Waals surface area contributed by atoms with Gasteiger partial charge in [0.15, 0.2) is 5.65 Å². The zero-order valence-corrected chi connectivity index (χ0v) is 8.33. The molecule has 5 heteroatoms. The molecule has 78 valence electrons. The molecule has 0 radical (unpaired) electrons. The van der Waals surface area contributed by atoms with Crippen LogP contribution in [0.3, 0.4) is 0 Å². The van der Waals surface area contributed by atoms with E-state index >= 15 is 0 Å². The molecule has 3 rings (SSSR count). The minimum absolute atomic E-state index is 0.783. The molecule has 0 saturated carbocycles. The monoisotopic (exact) mass is 204 g/mol. The Balaban J connectivity index is 2.05. The average Bonchev–Trinajstić information content (AvgIpc) is 2.78. The number of hydrogen-bond acceptors (Lipinski definition) is 4. The third-order valence-electron chi connectivity index (χ3n) is 2.61. The molecule has 1 aliphatic rings. The van der Waals surface area contributed by atoms with Crippen LogP contribution in [-0.2, 0) is 4.74 Å². The van der Waals surface area contributed by atoms with Gasteiger partial charge >= 0.3 is 0 Å². The first-order valence-corrected chi connectivity index (χ1v) is 5.06. The smallest absolute Gasteiger partial charge is 0.157 e. The van der Waals surface area contributed by atoms with Crippen LogP contribution in [0.25, 0.3) is 5.65 Å². The topological polar surface area (TPSA) is 42.7 Å². The van der Waals surface area contributed by atoms with E-state index in [4.69, 9.17) is 4.74 Å². The molecule has 3 heterocycles. The van der Waals surface area contributed by atoms with Crippen LogP contribution in [0, 0.1) is 0 Å². The number of hydrogen-bond donors (Lipinski definition) is 0. The number of nitrogens with zero attached hydrogens (tertiary/aromatic N) is 4. The summed E-state index contributed by atoms with van der Waals surface area (Å²) in [6.45, 7) is 3.40. The largest absolute Gasteiger partial charge is 0.378 e. The number of anilines is 1. The Morgan fingerprint density at radius 1 is 1.13 bits per heavy atom. The highest BCUT2D eigenvalue weighted by Crippen LogP contribution is 2.15. The number of aromatic nitrogens is 3. The summed E-state index contributed by atoms with van der Waals surface area (Å²) in [6.07, 6.45) is 3.59. The van der Waals surface area contributed by atoms with E-state index in [0.717, 1.165) is 37.8 Å². The molecule has 0 spiro atoms. The Labute approximate surface area is 87.3 Å². The van der Waals surface area contributed by atoms with E-state index in [2.05, 4.69) is 15.0 Å². The highest BCUT2D eigenvalue weighted by Gasteiger charge is 2.14. The van der Waals surface area contributed by atoms with Gasteiger partial charge in [0.1, 0.15) is 5.82 Å². The average molecular weight is 204 g/mol. The third-order valence-corrected chi connectivity index (χ3v) is 2.61. The molecule has 0 unspecified atom stereocenters. The van der Waals surface area contributed by atoms with Gasteiger partial charge < -0.3 is 9.64 Å². The van der Waals surface area contributed by atoms with Crippen LogP contribution in [0.5, 0.6) is 0 Å². The number of ether oxygens (including phenoxy) is 1.